The van der Waals surface area contributed by atoms with Crippen molar-refractivity contribution in [3.8, 4) is 0 Å². The summed E-state index contributed by atoms with van der Waals surface area (Å²) in [5.41, 5.74) is 5.33. The lowest BCUT2D eigenvalue weighted by molar-refractivity contribution is 1.13. The smallest absolute Gasteiger partial charge is 0.0199 e. The van der Waals surface area contributed by atoms with E-state index in [1.807, 2.05) is 18.7 Å². The topological polar surface area (TPSA) is 26.0 Å². The highest BCUT2D eigenvalue weighted by Crippen LogP contribution is 2.09. The van der Waals surface area contributed by atoms with E-state index in [2.05, 4.69) is 19.1 Å². The van der Waals surface area contributed by atoms with E-state index in [-0.39, 0.29) is 0 Å². The molecule has 0 saturated heterocycles. The second-order valence-corrected chi connectivity index (χ2v) is 3.38. The first-order chi connectivity index (χ1) is 4.31. The third-order valence-electron chi connectivity index (χ3n) is 0.962. The predicted octanol–water partition coefficient (Wildman–Crippen LogP) is 1.64. The fourth-order valence-electron chi connectivity index (χ4n) is 0.581. The molecule has 0 fully saturated rings. The Balaban J connectivity index is 3.15. The normalized spacial score (nSPS) is 14.6. The number of thioether (sulfide) groups is 1. The lowest BCUT2D eigenvalue weighted by atomic mass is 10.4. The molecule has 9 heavy (non-hydrogen) atoms. The predicted molar refractivity (Wildman–Crippen MR) is 45.8 cm³/mol. The Morgan fingerprint density at radius 1 is 1.67 bits per heavy atom. The van der Waals surface area contributed by atoms with Crippen molar-refractivity contribution in [2.45, 2.75) is 19.1 Å². The number of allylic oxidation sites excluding steroid dienone is 1. The maximum atomic E-state index is 5.33. The fraction of sp³-hybridized carbons (Fsp3) is 0.714. The van der Waals surface area contributed by atoms with Crippen LogP contribution in [0, 0.1) is 0 Å². The van der Waals surface area contributed by atoms with Gasteiger partial charge in [0.2, 0.25) is 0 Å². The van der Waals surface area contributed by atoms with E-state index in [0.717, 1.165) is 12.3 Å². The van der Waals surface area contributed by atoms with E-state index < -0.39 is 0 Å². The largest absolute Gasteiger partial charge is 0.330 e. The molecule has 0 heterocycles. The summed E-state index contributed by atoms with van der Waals surface area (Å²) in [6, 6.07) is 0. The van der Waals surface area contributed by atoms with Crippen molar-refractivity contribution >= 4 is 11.8 Å². The summed E-state index contributed by atoms with van der Waals surface area (Å²) in [7, 11) is 0. The molecule has 0 saturated carbocycles. The second kappa shape index (κ2) is 6.17. The molecule has 0 spiro atoms. The zero-order valence-corrected chi connectivity index (χ0v) is 6.95. The molecule has 0 aliphatic carbocycles. The van der Waals surface area contributed by atoms with Gasteiger partial charge in [0.15, 0.2) is 0 Å². The SMILES string of the molecule is CC=CC(C)SCCN. The zero-order valence-electron chi connectivity index (χ0n) is 6.13. The van der Waals surface area contributed by atoms with E-state index in [0.29, 0.717) is 5.25 Å². The third kappa shape index (κ3) is 5.93. The molecule has 1 atom stereocenters. The van der Waals surface area contributed by atoms with Crippen LogP contribution < -0.4 is 5.73 Å². The maximum Gasteiger partial charge on any atom is 0.0199 e. The third-order valence-corrected chi connectivity index (χ3v) is 2.12. The van der Waals surface area contributed by atoms with Crippen LogP contribution in [-0.2, 0) is 0 Å². The Labute approximate surface area is 61.7 Å². The van der Waals surface area contributed by atoms with Gasteiger partial charge in [-0.05, 0) is 13.8 Å². The minimum absolute atomic E-state index is 0.624. The monoisotopic (exact) mass is 145 g/mol. The minimum Gasteiger partial charge on any atom is -0.330 e. The Morgan fingerprint density at radius 3 is 2.78 bits per heavy atom. The standard InChI is InChI=1S/C7H15NS/c1-3-4-7(2)9-6-5-8/h3-4,7H,5-6,8H2,1-2H3. The van der Waals surface area contributed by atoms with Gasteiger partial charge in [-0.25, -0.2) is 0 Å². The maximum absolute atomic E-state index is 5.33. The summed E-state index contributed by atoms with van der Waals surface area (Å²) in [4.78, 5) is 0. The van der Waals surface area contributed by atoms with Gasteiger partial charge in [-0.1, -0.05) is 12.2 Å². The average Bonchev–Trinajstić information content (AvgIpc) is 1.85. The average molecular weight is 145 g/mol. The summed E-state index contributed by atoms with van der Waals surface area (Å²) in [5.74, 6) is 1.06. The summed E-state index contributed by atoms with van der Waals surface area (Å²) in [5, 5.41) is 0.624. The molecule has 1 unspecified atom stereocenters. The van der Waals surface area contributed by atoms with Crippen LogP contribution >= 0.6 is 11.8 Å². The molecular formula is C7H15NS. The summed E-state index contributed by atoms with van der Waals surface area (Å²) >= 11 is 1.89. The van der Waals surface area contributed by atoms with Crippen LogP contribution in [0.2, 0.25) is 0 Å². The first-order valence-corrected chi connectivity index (χ1v) is 4.30. The van der Waals surface area contributed by atoms with Crippen LogP contribution in [0.1, 0.15) is 13.8 Å². The molecule has 0 radical (unpaired) electrons. The van der Waals surface area contributed by atoms with Crippen molar-refractivity contribution in [2.75, 3.05) is 12.3 Å². The van der Waals surface area contributed by atoms with Gasteiger partial charge in [0, 0.05) is 17.5 Å². The quantitative estimate of drug-likeness (QED) is 0.609. The molecule has 54 valence electrons. The molecule has 0 aromatic heterocycles. The van der Waals surface area contributed by atoms with Gasteiger partial charge in [-0.3, -0.25) is 0 Å². The van der Waals surface area contributed by atoms with Crippen molar-refractivity contribution in [3.05, 3.63) is 12.2 Å². The molecule has 0 amide bonds. The number of nitrogens with two attached hydrogens (primary N) is 1. The van der Waals surface area contributed by atoms with Crippen molar-refractivity contribution in [1.29, 1.82) is 0 Å². The van der Waals surface area contributed by atoms with E-state index in [1.165, 1.54) is 0 Å². The van der Waals surface area contributed by atoms with Gasteiger partial charge in [0.1, 0.15) is 0 Å². The molecule has 0 bridgehead atoms. The lowest BCUT2D eigenvalue weighted by Gasteiger charge is -2.02. The van der Waals surface area contributed by atoms with Crippen molar-refractivity contribution in [1.82, 2.24) is 0 Å². The van der Waals surface area contributed by atoms with Crippen LogP contribution in [0.25, 0.3) is 0 Å². The van der Waals surface area contributed by atoms with Crippen LogP contribution in [0.5, 0.6) is 0 Å². The highest BCUT2D eigenvalue weighted by atomic mass is 32.2. The van der Waals surface area contributed by atoms with Gasteiger partial charge in [0.25, 0.3) is 0 Å². The number of hydrogen-bond donors (Lipinski definition) is 1. The van der Waals surface area contributed by atoms with Gasteiger partial charge in [0.05, 0.1) is 0 Å². The Bertz CT molecular complexity index is 81.0. The summed E-state index contributed by atoms with van der Waals surface area (Å²) < 4.78 is 0. The molecule has 0 aliphatic heterocycles. The highest BCUT2D eigenvalue weighted by Gasteiger charge is 1.92. The summed E-state index contributed by atoms with van der Waals surface area (Å²) in [6.45, 7) is 5.01. The molecule has 1 nitrogen and oxygen atoms in total. The molecule has 0 aromatic carbocycles. The van der Waals surface area contributed by atoms with E-state index in [9.17, 15) is 0 Å². The van der Waals surface area contributed by atoms with E-state index in [1.54, 1.807) is 0 Å². The highest BCUT2D eigenvalue weighted by molar-refractivity contribution is 8.00. The Morgan fingerprint density at radius 2 is 2.33 bits per heavy atom. The van der Waals surface area contributed by atoms with Crippen LogP contribution in [0.4, 0.5) is 0 Å². The van der Waals surface area contributed by atoms with Gasteiger partial charge in [-0.2, -0.15) is 11.8 Å². The van der Waals surface area contributed by atoms with Gasteiger partial charge in [-0.15, -0.1) is 0 Å². The molecule has 2 heteroatoms. The lowest BCUT2D eigenvalue weighted by Crippen LogP contribution is -2.04. The number of hydrogen-bond acceptors (Lipinski definition) is 2. The van der Waals surface area contributed by atoms with Crippen LogP contribution in [-0.4, -0.2) is 17.5 Å². The summed E-state index contributed by atoms with van der Waals surface area (Å²) in [6.07, 6.45) is 4.26. The molecule has 0 aliphatic rings. The van der Waals surface area contributed by atoms with E-state index in [4.69, 9.17) is 5.73 Å². The van der Waals surface area contributed by atoms with Gasteiger partial charge < -0.3 is 5.73 Å². The number of rotatable bonds is 4. The molecule has 0 aromatic rings. The van der Waals surface area contributed by atoms with Crippen molar-refractivity contribution in [2.24, 2.45) is 5.73 Å². The second-order valence-electron chi connectivity index (χ2n) is 1.89. The van der Waals surface area contributed by atoms with Crippen molar-refractivity contribution < 1.29 is 0 Å². The van der Waals surface area contributed by atoms with Gasteiger partial charge >= 0.3 is 0 Å². The van der Waals surface area contributed by atoms with Crippen LogP contribution in [0.15, 0.2) is 12.2 Å². The molecular weight excluding hydrogens is 130 g/mol. The molecule has 0 rings (SSSR count). The first-order valence-electron chi connectivity index (χ1n) is 3.25. The Kier molecular flexibility index (Phi) is 6.21. The minimum atomic E-state index is 0.624. The zero-order chi connectivity index (χ0) is 7.11. The Hall–Kier alpha value is 0.0500. The van der Waals surface area contributed by atoms with E-state index >= 15 is 0 Å². The first kappa shape index (κ1) is 9.05. The van der Waals surface area contributed by atoms with Crippen LogP contribution in [0.3, 0.4) is 0 Å². The molecule has 2 N–H and O–H groups in total. The van der Waals surface area contributed by atoms with Crippen molar-refractivity contribution in [3.63, 3.8) is 0 Å². The fourth-order valence-corrected chi connectivity index (χ4v) is 1.36.